The first-order chi connectivity index (χ1) is 32.6. The lowest BCUT2D eigenvalue weighted by molar-refractivity contribution is 0.593. The van der Waals surface area contributed by atoms with E-state index < -0.39 is 0 Å². The highest BCUT2D eigenvalue weighted by Gasteiger charge is 2.11. The number of rotatable bonds is 16. The average Bonchev–Trinajstić information content (AvgIpc) is 4.18. The summed E-state index contributed by atoms with van der Waals surface area (Å²) in [4.78, 5) is 7.41. The van der Waals surface area contributed by atoms with Crippen LogP contribution in [-0.2, 0) is 0 Å². The standard InChI is InChI=1S/C29H30N4O2.C27H21N3O2/c1-19(31)21-10-12-27-24(15-21)18-28(35-27)20(8-5-6-14-30)7-3-2-4-9-25-17-23-16-22(29(32)33)11-13-26(23)34-25;1-18(28)19-8-10-25-21(14-19)16-23(31-25)6-4-2-3-5-7-24-17-22-15-20(9-11-26(22)32-24)27-29-12-13-30-27/h2-4,7,9-13,15-18,31H,5-6,8,14,30H2,1H3,(H3,32,33);2-17,28H,1H3,(H,29,30)/b3-2+,9-4+,20-7+,31-19?;3-2+,6-4+,7-5+,28-18?. The highest BCUT2D eigenvalue weighted by molar-refractivity contribution is 6.01. The topological polar surface area (TPSA) is 205 Å². The van der Waals surface area contributed by atoms with Crippen LogP contribution in [0.4, 0.5) is 0 Å². The van der Waals surface area contributed by atoms with E-state index in [-0.39, 0.29) is 5.84 Å². The van der Waals surface area contributed by atoms with E-state index in [0.717, 1.165) is 114 Å². The van der Waals surface area contributed by atoms with Gasteiger partial charge in [0.15, 0.2) is 0 Å². The van der Waals surface area contributed by atoms with E-state index in [2.05, 4.69) is 22.1 Å². The van der Waals surface area contributed by atoms with Crippen LogP contribution in [0.1, 0.15) is 72.8 Å². The highest BCUT2D eigenvalue weighted by atomic mass is 16.3. The first-order valence-electron chi connectivity index (χ1n) is 22.0. The molecule has 5 aromatic heterocycles. The number of hydrogen-bond acceptors (Lipinski definition) is 9. The largest absolute Gasteiger partial charge is 0.457 e. The number of H-pyrrole nitrogens is 1. The summed E-state index contributed by atoms with van der Waals surface area (Å²) in [6, 6.07) is 31.1. The van der Waals surface area contributed by atoms with Crippen LogP contribution in [0.25, 0.3) is 79.1 Å². The normalized spacial score (nSPS) is 12.4. The predicted octanol–water partition coefficient (Wildman–Crippen LogP) is 13.9. The molecule has 0 fully saturated rings. The number of fused-ring (bicyclic) bond motifs is 4. The van der Waals surface area contributed by atoms with Crippen molar-refractivity contribution in [3.63, 3.8) is 0 Å². The summed E-state index contributed by atoms with van der Waals surface area (Å²) in [6.07, 6.45) is 27.8. The van der Waals surface area contributed by atoms with Gasteiger partial charge < -0.3 is 44.9 Å². The minimum atomic E-state index is 0.0388. The van der Waals surface area contributed by atoms with Crippen molar-refractivity contribution in [2.24, 2.45) is 11.5 Å². The van der Waals surface area contributed by atoms with Gasteiger partial charge in [0.2, 0.25) is 0 Å². The Hall–Kier alpha value is -8.54. The van der Waals surface area contributed by atoms with Gasteiger partial charge in [-0.3, -0.25) is 5.41 Å². The smallest absolute Gasteiger partial charge is 0.137 e. The molecule has 8 N–H and O–H groups in total. The number of unbranched alkanes of at least 4 members (excludes halogenated alkanes) is 1. The SMILES string of the molecule is CC(=N)c1ccc2oc(/C(=C/C=C/C=C/c3cc4cc(C(=N)N)ccc4o3)CCCCN)cc2c1.CC(=N)c1ccc2oc(/C=C/C=C/C=C/c3cc4cc(-c5ncc[nH]5)ccc4o3)cc2c1. The molecule has 4 aromatic carbocycles. The Morgan fingerprint density at radius 3 is 1.58 bits per heavy atom. The summed E-state index contributed by atoms with van der Waals surface area (Å²) in [6.45, 7) is 4.23. The fraction of sp³-hybridized carbons (Fsp3) is 0.107. The van der Waals surface area contributed by atoms with Crippen LogP contribution in [0.15, 0.2) is 176 Å². The molecule has 9 aromatic rings. The van der Waals surface area contributed by atoms with Gasteiger partial charge in [0.25, 0.3) is 0 Å². The van der Waals surface area contributed by atoms with Crippen molar-refractivity contribution >= 4 is 84.9 Å². The number of nitrogens with two attached hydrogens (primary N) is 2. The molecule has 0 spiro atoms. The lowest BCUT2D eigenvalue weighted by Gasteiger charge is -2.03. The number of benzene rings is 4. The van der Waals surface area contributed by atoms with Crippen LogP contribution < -0.4 is 11.5 Å². The quantitative estimate of drug-likeness (QED) is 0.0239. The number of allylic oxidation sites excluding steroid dienone is 9. The van der Waals surface area contributed by atoms with E-state index in [4.69, 9.17) is 45.4 Å². The van der Waals surface area contributed by atoms with Gasteiger partial charge >= 0.3 is 0 Å². The number of furan rings is 4. The number of amidine groups is 1. The molecule has 0 aliphatic rings. The summed E-state index contributed by atoms with van der Waals surface area (Å²) < 4.78 is 23.7. The fourth-order valence-electron chi connectivity index (χ4n) is 7.41. The second-order valence-electron chi connectivity index (χ2n) is 16.0. The second-order valence-corrected chi connectivity index (χ2v) is 16.0. The molecular formula is C56H51N7O4. The zero-order valence-corrected chi connectivity index (χ0v) is 37.3. The van der Waals surface area contributed by atoms with Crippen LogP contribution in [0.3, 0.4) is 0 Å². The summed E-state index contributed by atoms with van der Waals surface area (Å²) in [5.74, 6) is 4.01. The first kappa shape index (κ1) is 45.0. The monoisotopic (exact) mass is 885 g/mol. The minimum absolute atomic E-state index is 0.0388. The number of nitrogens with zero attached hydrogens (tertiary/aromatic N) is 1. The molecule has 0 aliphatic heterocycles. The Morgan fingerprint density at radius 1 is 0.567 bits per heavy atom. The first-order valence-corrected chi connectivity index (χ1v) is 22.0. The zero-order valence-electron chi connectivity index (χ0n) is 37.3. The third-order valence-electron chi connectivity index (χ3n) is 10.9. The number of nitrogens with one attached hydrogen (secondary N) is 4. The molecular weight excluding hydrogens is 835 g/mol. The minimum Gasteiger partial charge on any atom is -0.457 e. The van der Waals surface area contributed by atoms with Gasteiger partial charge in [0.05, 0.1) is 0 Å². The van der Waals surface area contributed by atoms with Crippen molar-refractivity contribution in [1.82, 2.24) is 9.97 Å². The molecule has 334 valence electrons. The second kappa shape index (κ2) is 21.0. The molecule has 9 rings (SSSR count). The fourth-order valence-corrected chi connectivity index (χ4v) is 7.41. The maximum atomic E-state index is 7.87. The average molecular weight is 886 g/mol. The van der Waals surface area contributed by atoms with Crippen LogP contribution in [0, 0.1) is 16.2 Å². The lowest BCUT2D eigenvalue weighted by Crippen LogP contribution is -2.10. The van der Waals surface area contributed by atoms with E-state index in [9.17, 15) is 0 Å². The Morgan fingerprint density at radius 2 is 1.06 bits per heavy atom. The number of nitrogen functional groups attached to an aromatic ring is 1. The third-order valence-corrected chi connectivity index (χ3v) is 10.9. The Labute approximate surface area is 387 Å². The van der Waals surface area contributed by atoms with Crippen LogP contribution in [0.2, 0.25) is 0 Å². The van der Waals surface area contributed by atoms with Gasteiger partial charge in [0.1, 0.15) is 57.0 Å². The molecule has 0 unspecified atom stereocenters. The van der Waals surface area contributed by atoms with E-state index in [1.165, 1.54) is 0 Å². The summed E-state index contributed by atoms with van der Waals surface area (Å²) in [5.41, 5.74) is 20.2. The highest BCUT2D eigenvalue weighted by Crippen LogP contribution is 2.30. The predicted molar refractivity (Wildman–Crippen MR) is 275 cm³/mol. The van der Waals surface area contributed by atoms with Crippen molar-refractivity contribution in [1.29, 1.82) is 16.2 Å². The number of aromatic nitrogens is 2. The van der Waals surface area contributed by atoms with E-state index in [1.54, 1.807) is 26.1 Å². The van der Waals surface area contributed by atoms with Crippen molar-refractivity contribution in [2.45, 2.75) is 33.1 Å². The maximum absolute atomic E-state index is 7.87. The molecule has 0 aliphatic carbocycles. The number of hydrogen-bond donors (Lipinski definition) is 6. The summed E-state index contributed by atoms with van der Waals surface area (Å²) in [7, 11) is 0. The number of imidazole rings is 1. The van der Waals surface area contributed by atoms with Crippen LogP contribution >= 0.6 is 0 Å². The van der Waals surface area contributed by atoms with Crippen LogP contribution in [0.5, 0.6) is 0 Å². The Bertz CT molecular complexity index is 3420. The molecule has 0 saturated carbocycles. The van der Waals surface area contributed by atoms with Gasteiger partial charge in [-0.2, -0.15) is 0 Å². The molecule has 5 heterocycles. The summed E-state index contributed by atoms with van der Waals surface area (Å²) >= 11 is 0. The molecule has 11 heteroatoms. The molecule has 0 radical (unpaired) electrons. The lowest BCUT2D eigenvalue weighted by atomic mass is 10.0. The van der Waals surface area contributed by atoms with Gasteiger partial charge in [-0.25, -0.2) is 4.98 Å². The Kier molecular flexibility index (Phi) is 14.1. The Balaban J connectivity index is 0.000000182. The van der Waals surface area contributed by atoms with Gasteiger partial charge in [-0.15, -0.1) is 0 Å². The van der Waals surface area contributed by atoms with Gasteiger partial charge in [-0.1, -0.05) is 48.6 Å². The zero-order chi connectivity index (χ0) is 46.7. The maximum Gasteiger partial charge on any atom is 0.137 e. The molecule has 11 nitrogen and oxygen atoms in total. The molecule has 0 amide bonds. The van der Waals surface area contributed by atoms with Crippen molar-refractivity contribution in [3.05, 3.63) is 198 Å². The molecule has 0 atom stereocenters. The molecule has 67 heavy (non-hydrogen) atoms. The molecule has 0 bridgehead atoms. The molecule has 0 saturated heterocycles. The van der Waals surface area contributed by atoms with E-state index in [1.807, 2.05) is 152 Å². The summed E-state index contributed by atoms with van der Waals surface area (Å²) in [5, 5.41) is 27.2. The van der Waals surface area contributed by atoms with Gasteiger partial charge in [-0.05, 0) is 172 Å². The van der Waals surface area contributed by atoms with Crippen LogP contribution in [-0.4, -0.2) is 33.8 Å². The van der Waals surface area contributed by atoms with E-state index in [0.29, 0.717) is 23.5 Å². The van der Waals surface area contributed by atoms with Gasteiger partial charge in [0, 0.05) is 56.5 Å². The van der Waals surface area contributed by atoms with Crippen molar-refractivity contribution in [3.8, 4) is 11.4 Å². The van der Waals surface area contributed by atoms with Crippen molar-refractivity contribution in [2.75, 3.05) is 6.54 Å². The van der Waals surface area contributed by atoms with E-state index >= 15 is 0 Å². The number of aromatic amines is 1. The third kappa shape index (κ3) is 11.4. The van der Waals surface area contributed by atoms with Crippen molar-refractivity contribution < 1.29 is 17.7 Å².